The monoisotopic (exact) mass is 574 g/mol. The van der Waals surface area contributed by atoms with E-state index in [1.807, 2.05) is 12.1 Å². The normalized spacial score (nSPS) is 12.0. The van der Waals surface area contributed by atoms with Crippen molar-refractivity contribution < 1.29 is 4.42 Å². The second-order valence-corrected chi connectivity index (χ2v) is 11.7. The molecule has 3 heteroatoms. The first-order chi connectivity index (χ1) is 22.3. The van der Waals surface area contributed by atoms with Gasteiger partial charge >= 0.3 is 0 Å². The standard InChI is InChI=1S/C42H26N2O/c1-5-20-35-30(14-1)31-15-2-6-21-36(31)43(35)28-13-9-12-27(26-28)29-18-10-23-38-41(29)34-17-3-7-22-37(34)44(38)39-24-11-19-33-32-16-4-8-25-40(32)45-42(33)39/h1-26H. The lowest BCUT2D eigenvalue weighted by molar-refractivity contribution is 0.666. The highest BCUT2D eigenvalue weighted by molar-refractivity contribution is 6.17. The van der Waals surface area contributed by atoms with Gasteiger partial charge in [0.25, 0.3) is 0 Å². The van der Waals surface area contributed by atoms with E-state index in [1.165, 1.54) is 43.7 Å². The maximum Gasteiger partial charge on any atom is 0.159 e. The van der Waals surface area contributed by atoms with E-state index in [-0.39, 0.29) is 0 Å². The van der Waals surface area contributed by atoms with Gasteiger partial charge in [-0.15, -0.1) is 0 Å². The van der Waals surface area contributed by atoms with E-state index in [0.29, 0.717) is 0 Å². The zero-order chi connectivity index (χ0) is 29.5. The van der Waals surface area contributed by atoms with Gasteiger partial charge in [0, 0.05) is 38.0 Å². The van der Waals surface area contributed by atoms with Crippen molar-refractivity contribution in [3.63, 3.8) is 0 Å². The summed E-state index contributed by atoms with van der Waals surface area (Å²) in [4.78, 5) is 0. The molecular weight excluding hydrogens is 548 g/mol. The van der Waals surface area contributed by atoms with Crippen LogP contribution >= 0.6 is 0 Å². The maximum atomic E-state index is 6.52. The Morgan fingerprint density at radius 2 is 0.978 bits per heavy atom. The first kappa shape index (κ1) is 24.4. The molecule has 10 aromatic rings. The summed E-state index contributed by atoms with van der Waals surface area (Å²) in [5, 5.41) is 7.26. The first-order valence-corrected chi connectivity index (χ1v) is 15.4. The molecule has 210 valence electrons. The van der Waals surface area contributed by atoms with Crippen LogP contribution < -0.4 is 0 Å². The predicted octanol–water partition coefficient (Wildman–Crippen LogP) is 11.4. The molecular formula is C42H26N2O. The highest BCUT2D eigenvalue weighted by Crippen LogP contribution is 2.42. The van der Waals surface area contributed by atoms with Gasteiger partial charge in [-0.25, -0.2) is 0 Å². The highest BCUT2D eigenvalue weighted by Gasteiger charge is 2.20. The van der Waals surface area contributed by atoms with Crippen LogP contribution in [0.25, 0.3) is 88.1 Å². The molecule has 0 bridgehead atoms. The van der Waals surface area contributed by atoms with Gasteiger partial charge in [-0.1, -0.05) is 109 Å². The third-order valence-corrected chi connectivity index (χ3v) is 9.32. The van der Waals surface area contributed by atoms with Crippen molar-refractivity contribution in [2.45, 2.75) is 0 Å². The van der Waals surface area contributed by atoms with Crippen molar-refractivity contribution in [2.24, 2.45) is 0 Å². The Kier molecular flexibility index (Phi) is 5.00. The summed E-state index contributed by atoms with van der Waals surface area (Å²) in [6.07, 6.45) is 0. The molecule has 0 N–H and O–H groups in total. The largest absolute Gasteiger partial charge is 0.454 e. The minimum absolute atomic E-state index is 0.903. The molecule has 0 unspecified atom stereocenters. The average molecular weight is 575 g/mol. The summed E-state index contributed by atoms with van der Waals surface area (Å²) in [6, 6.07) is 56.5. The lowest BCUT2D eigenvalue weighted by atomic mass is 9.99. The van der Waals surface area contributed by atoms with E-state index in [4.69, 9.17) is 4.42 Å². The fraction of sp³-hybridized carbons (Fsp3) is 0. The molecule has 0 fully saturated rings. The van der Waals surface area contributed by atoms with Crippen LogP contribution in [0.5, 0.6) is 0 Å². The molecule has 10 rings (SSSR count). The summed E-state index contributed by atoms with van der Waals surface area (Å²) in [5.74, 6) is 0. The molecule has 0 radical (unpaired) electrons. The molecule has 7 aromatic carbocycles. The Bertz CT molecular complexity index is 2720. The van der Waals surface area contributed by atoms with E-state index in [0.717, 1.165) is 44.3 Å². The van der Waals surface area contributed by atoms with Crippen molar-refractivity contribution in [2.75, 3.05) is 0 Å². The van der Waals surface area contributed by atoms with E-state index in [2.05, 4.69) is 155 Å². The second-order valence-electron chi connectivity index (χ2n) is 11.7. The topological polar surface area (TPSA) is 23.0 Å². The van der Waals surface area contributed by atoms with Crippen LogP contribution in [0.2, 0.25) is 0 Å². The molecule has 0 saturated carbocycles. The minimum Gasteiger partial charge on any atom is -0.454 e. The lowest BCUT2D eigenvalue weighted by Gasteiger charge is -2.12. The number of nitrogens with zero attached hydrogens (tertiary/aromatic N) is 2. The number of aromatic nitrogens is 2. The van der Waals surface area contributed by atoms with Crippen LogP contribution in [0.15, 0.2) is 162 Å². The Balaban J connectivity index is 1.25. The highest BCUT2D eigenvalue weighted by atomic mass is 16.3. The first-order valence-electron chi connectivity index (χ1n) is 15.4. The van der Waals surface area contributed by atoms with E-state index in [9.17, 15) is 0 Å². The number of hydrogen-bond acceptors (Lipinski definition) is 1. The van der Waals surface area contributed by atoms with E-state index in [1.54, 1.807) is 0 Å². The molecule has 0 amide bonds. The van der Waals surface area contributed by atoms with Gasteiger partial charge in [-0.05, 0) is 59.7 Å². The molecule has 0 aliphatic heterocycles. The van der Waals surface area contributed by atoms with Crippen LogP contribution in [0.4, 0.5) is 0 Å². The molecule has 45 heavy (non-hydrogen) atoms. The molecule has 3 heterocycles. The zero-order valence-corrected chi connectivity index (χ0v) is 24.3. The SMILES string of the molecule is c1cc(-c2cccc3c2c2ccccc2n3-c2cccc3c2oc2ccccc23)cc(-n2c3ccccc3c3ccccc32)c1. The Morgan fingerprint density at radius 3 is 1.76 bits per heavy atom. The Morgan fingerprint density at radius 1 is 0.400 bits per heavy atom. The number of hydrogen-bond donors (Lipinski definition) is 0. The second kappa shape index (κ2) is 9.22. The minimum atomic E-state index is 0.903. The van der Waals surface area contributed by atoms with Crippen LogP contribution in [-0.2, 0) is 0 Å². The number of rotatable bonds is 3. The van der Waals surface area contributed by atoms with Crippen molar-refractivity contribution in [1.29, 1.82) is 0 Å². The Labute approximate surface area is 258 Å². The van der Waals surface area contributed by atoms with Crippen molar-refractivity contribution in [3.05, 3.63) is 158 Å². The summed E-state index contributed by atoms with van der Waals surface area (Å²) in [7, 11) is 0. The molecule has 3 aromatic heterocycles. The van der Waals surface area contributed by atoms with E-state index >= 15 is 0 Å². The number of benzene rings is 7. The fourth-order valence-corrected chi connectivity index (χ4v) is 7.44. The third-order valence-electron chi connectivity index (χ3n) is 9.32. The van der Waals surface area contributed by atoms with E-state index < -0.39 is 0 Å². The Hall–Kier alpha value is -6.06. The number of furan rings is 1. The lowest BCUT2D eigenvalue weighted by Crippen LogP contribution is -1.95. The predicted molar refractivity (Wildman–Crippen MR) is 188 cm³/mol. The van der Waals surface area contributed by atoms with Crippen molar-refractivity contribution in [3.8, 4) is 22.5 Å². The van der Waals surface area contributed by atoms with Crippen molar-refractivity contribution in [1.82, 2.24) is 9.13 Å². The number of para-hydroxylation sites is 5. The van der Waals surface area contributed by atoms with Gasteiger partial charge in [0.05, 0.1) is 27.8 Å². The summed E-state index contributed by atoms with van der Waals surface area (Å²) < 4.78 is 11.3. The third kappa shape index (κ3) is 3.41. The van der Waals surface area contributed by atoms with Gasteiger partial charge in [0.15, 0.2) is 5.58 Å². The van der Waals surface area contributed by atoms with Crippen LogP contribution in [0.3, 0.4) is 0 Å². The smallest absolute Gasteiger partial charge is 0.159 e. The van der Waals surface area contributed by atoms with Gasteiger partial charge in [-0.3, -0.25) is 0 Å². The average Bonchev–Trinajstić information content (AvgIpc) is 3.76. The fourth-order valence-electron chi connectivity index (χ4n) is 7.44. The van der Waals surface area contributed by atoms with Gasteiger partial charge in [-0.2, -0.15) is 0 Å². The molecule has 0 aliphatic rings. The van der Waals surface area contributed by atoms with Gasteiger partial charge < -0.3 is 13.6 Å². The maximum absolute atomic E-state index is 6.52. The summed E-state index contributed by atoms with van der Waals surface area (Å²) in [6.45, 7) is 0. The van der Waals surface area contributed by atoms with Crippen LogP contribution in [0.1, 0.15) is 0 Å². The molecule has 3 nitrogen and oxygen atoms in total. The molecule has 0 atom stereocenters. The zero-order valence-electron chi connectivity index (χ0n) is 24.3. The molecule has 0 spiro atoms. The number of fused-ring (bicyclic) bond motifs is 9. The van der Waals surface area contributed by atoms with Gasteiger partial charge in [0.2, 0.25) is 0 Å². The quantitative estimate of drug-likeness (QED) is 0.206. The molecule has 0 saturated heterocycles. The van der Waals surface area contributed by atoms with Crippen LogP contribution in [-0.4, -0.2) is 9.13 Å². The summed E-state index contributed by atoms with van der Waals surface area (Å²) >= 11 is 0. The molecule has 0 aliphatic carbocycles. The summed E-state index contributed by atoms with van der Waals surface area (Å²) in [5.41, 5.74) is 11.1. The van der Waals surface area contributed by atoms with Crippen LogP contribution in [0, 0.1) is 0 Å². The van der Waals surface area contributed by atoms with Gasteiger partial charge in [0.1, 0.15) is 5.58 Å². The van der Waals surface area contributed by atoms with Crippen molar-refractivity contribution >= 4 is 65.6 Å².